The molecule has 1 aromatic heterocycles. The largest absolute Gasteiger partial charge is 0.349 e. The van der Waals surface area contributed by atoms with Crippen LogP contribution in [0.2, 0.25) is 0 Å². The third-order valence-electron chi connectivity index (χ3n) is 1.36. The third kappa shape index (κ3) is 3.52. The van der Waals surface area contributed by atoms with Crippen molar-refractivity contribution in [3.05, 3.63) is 16.6 Å². The second-order valence-electron chi connectivity index (χ2n) is 3.54. The topological polar surface area (TPSA) is 68.0 Å². The summed E-state index contributed by atoms with van der Waals surface area (Å²) in [5.41, 5.74) is 6.96. The van der Waals surface area contributed by atoms with Crippen LogP contribution in [-0.4, -0.2) is 23.0 Å². The second kappa shape index (κ2) is 3.85. The lowest BCUT2D eigenvalue weighted by Gasteiger charge is -2.18. The van der Waals surface area contributed by atoms with E-state index >= 15 is 0 Å². The van der Waals surface area contributed by atoms with Crippen molar-refractivity contribution in [2.45, 2.75) is 19.4 Å². The lowest BCUT2D eigenvalue weighted by Crippen LogP contribution is -2.44. The van der Waals surface area contributed by atoms with Crippen molar-refractivity contribution in [2.24, 2.45) is 5.73 Å². The van der Waals surface area contributed by atoms with E-state index in [2.05, 4.69) is 10.3 Å². The summed E-state index contributed by atoms with van der Waals surface area (Å²) in [5, 5.41) is 2.73. The van der Waals surface area contributed by atoms with Gasteiger partial charge < -0.3 is 11.1 Å². The molecule has 13 heavy (non-hydrogen) atoms. The van der Waals surface area contributed by atoms with E-state index < -0.39 is 0 Å². The van der Waals surface area contributed by atoms with Crippen LogP contribution in [0.3, 0.4) is 0 Å². The van der Waals surface area contributed by atoms with Gasteiger partial charge in [-0.1, -0.05) is 0 Å². The highest BCUT2D eigenvalue weighted by atomic mass is 32.1. The van der Waals surface area contributed by atoms with E-state index in [9.17, 15) is 4.79 Å². The number of hydrogen-bond acceptors (Lipinski definition) is 4. The number of thiazole rings is 1. The average molecular weight is 199 g/mol. The fraction of sp³-hybridized carbons (Fsp3) is 0.500. The maximum atomic E-state index is 11.4. The van der Waals surface area contributed by atoms with Gasteiger partial charge in [-0.05, 0) is 13.8 Å². The first-order valence-electron chi connectivity index (χ1n) is 3.94. The summed E-state index contributed by atoms with van der Waals surface area (Å²) in [6.07, 6.45) is 1.55. The number of carbonyl (C=O) groups is 1. The summed E-state index contributed by atoms with van der Waals surface area (Å²) in [7, 11) is 0. The number of amides is 1. The van der Waals surface area contributed by atoms with Crippen molar-refractivity contribution < 1.29 is 4.79 Å². The van der Waals surface area contributed by atoms with Gasteiger partial charge in [0.05, 0.1) is 11.7 Å². The first kappa shape index (κ1) is 10.1. The zero-order valence-corrected chi connectivity index (χ0v) is 8.52. The fourth-order valence-corrected chi connectivity index (χ4v) is 1.26. The third-order valence-corrected chi connectivity index (χ3v) is 2.13. The van der Waals surface area contributed by atoms with Gasteiger partial charge >= 0.3 is 0 Å². The molecular weight excluding hydrogens is 186 g/mol. The Morgan fingerprint density at radius 2 is 2.46 bits per heavy atom. The second-order valence-corrected chi connectivity index (χ2v) is 4.42. The van der Waals surface area contributed by atoms with Crippen LogP contribution in [0, 0.1) is 0 Å². The number of carbonyl (C=O) groups excluding carboxylic acids is 1. The summed E-state index contributed by atoms with van der Waals surface area (Å²) >= 11 is 1.32. The molecule has 3 N–H and O–H groups in total. The molecule has 0 aliphatic carbocycles. The highest BCUT2D eigenvalue weighted by Crippen LogP contribution is 2.05. The van der Waals surface area contributed by atoms with Gasteiger partial charge in [0, 0.05) is 12.1 Å². The molecule has 0 saturated carbocycles. The van der Waals surface area contributed by atoms with Crippen molar-refractivity contribution in [1.29, 1.82) is 0 Å². The highest BCUT2D eigenvalue weighted by molar-refractivity contribution is 7.11. The molecule has 1 heterocycles. The molecule has 4 nitrogen and oxygen atoms in total. The quantitative estimate of drug-likeness (QED) is 0.749. The molecule has 0 fully saturated rings. The van der Waals surface area contributed by atoms with Crippen LogP contribution in [0.25, 0.3) is 0 Å². The van der Waals surface area contributed by atoms with Crippen molar-refractivity contribution in [3.8, 4) is 0 Å². The summed E-state index contributed by atoms with van der Waals surface area (Å²) < 4.78 is 0. The molecule has 0 aromatic carbocycles. The Bertz CT molecular complexity index is 276. The van der Waals surface area contributed by atoms with Gasteiger partial charge in [-0.25, -0.2) is 0 Å². The first-order valence-corrected chi connectivity index (χ1v) is 4.82. The minimum absolute atomic E-state index is 0.110. The SMILES string of the molecule is CC(C)(N)CNC(=O)c1cncs1. The van der Waals surface area contributed by atoms with E-state index in [-0.39, 0.29) is 11.4 Å². The molecule has 0 unspecified atom stereocenters. The van der Waals surface area contributed by atoms with E-state index in [4.69, 9.17) is 5.73 Å². The first-order chi connectivity index (χ1) is 5.99. The maximum Gasteiger partial charge on any atom is 0.263 e. The van der Waals surface area contributed by atoms with Crippen LogP contribution in [0.4, 0.5) is 0 Å². The predicted molar refractivity (Wildman–Crippen MR) is 52.7 cm³/mol. The van der Waals surface area contributed by atoms with Crippen molar-refractivity contribution in [2.75, 3.05) is 6.54 Å². The maximum absolute atomic E-state index is 11.4. The van der Waals surface area contributed by atoms with E-state index in [0.717, 1.165) is 0 Å². The number of nitrogens with two attached hydrogens (primary N) is 1. The van der Waals surface area contributed by atoms with Gasteiger partial charge in [0.25, 0.3) is 5.91 Å². The molecule has 5 heteroatoms. The lowest BCUT2D eigenvalue weighted by molar-refractivity contribution is 0.0950. The minimum atomic E-state index is -0.375. The molecule has 0 aliphatic heterocycles. The minimum Gasteiger partial charge on any atom is -0.349 e. The molecular formula is C8H13N3OS. The lowest BCUT2D eigenvalue weighted by atomic mass is 10.1. The van der Waals surface area contributed by atoms with Crippen molar-refractivity contribution in [3.63, 3.8) is 0 Å². The van der Waals surface area contributed by atoms with Gasteiger partial charge in [-0.3, -0.25) is 9.78 Å². The number of rotatable bonds is 3. The van der Waals surface area contributed by atoms with Gasteiger partial charge in [0.15, 0.2) is 0 Å². The monoisotopic (exact) mass is 199 g/mol. The molecule has 0 atom stereocenters. The Morgan fingerprint density at radius 1 is 1.77 bits per heavy atom. The van der Waals surface area contributed by atoms with E-state index in [1.807, 2.05) is 13.8 Å². The Labute approximate surface area is 81.2 Å². The van der Waals surface area contributed by atoms with E-state index in [1.165, 1.54) is 11.3 Å². The van der Waals surface area contributed by atoms with Crippen LogP contribution in [-0.2, 0) is 0 Å². The number of nitrogens with zero attached hydrogens (tertiary/aromatic N) is 1. The van der Waals surface area contributed by atoms with Crippen molar-refractivity contribution >= 4 is 17.2 Å². The Morgan fingerprint density at radius 3 is 2.92 bits per heavy atom. The normalized spacial score (nSPS) is 11.3. The number of aromatic nitrogens is 1. The summed E-state index contributed by atoms with van der Waals surface area (Å²) in [4.78, 5) is 15.8. The van der Waals surface area contributed by atoms with Gasteiger partial charge in [0.1, 0.15) is 4.88 Å². The Kier molecular flexibility index (Phi) is 3.00. The highest BCUT2D eigenvalue weighted by Gasteiger charge is 2.13. The van der Waals surface area contributed by atoms with E-state index in [1.54, 1.807) is 11.7 Å². The number of hydrogen-bond donors (Lipinski definition) is 2. The van der Waals surface area contributed by atoms with E-state index in [0.29, 0.717) is 11.4 Å². The van der Waals surface area contributed by atoms with Crippen LogP contribution in [0.1, 0.15) is 23.5 Å². The smallest absolute Gasteiger partial charge is 0.263 e. The molecule has 0 aliphatic rings. The van der Waals surface area contributed by atoms with Gasteiger partial charge in [-0.15, -0.1) is 11.3 Å². The molecule has 1 amide bonds. The summed E-state index contributed by atoms with van der Waals surface area (Å²) in [6.45, 7) is 4.18. The predicted octanol–water partition coefficient (Wildman–Crippen LogP) is 0.610. The molecule has 0 spiro atoms. The molecule has 1 aromatic rings. The summed E-state index contributed by atoms with van der Waals surface area (Å²) in [6, 6.07) is 0. The zero-order chi connectivity index (χ0) is 9.90. The molecule has 0 saturated heterocycles. The van der Waals surface area contributed by atoms with Crippen molar-refractivity contribution in [1.82, 2.24) is 10.3 Å². The van der Waals surface area contributed by atoms with Crippen LogP contribution >= 0.6 is 11.3 Å². The number of nitrogens with one attached hydrogen (secondary N) is 1. The van der Waals surface area contributed by atoms with Crippen LogP contribution in [0.5, 0.6) is 0 Å². The van der Waals surface area contributed by atoms with Crippen LogP contribution < -0.4 is 11.1 Å². The van der Waals surface area contributed by atoms with Gasteiger partial charge in [-0.2, -0.15) is 0 Å². The Hall–Kier alpha value is -0.940. The fourth-order valence-electron chi connectivity index (χ4n) is 0.723. The zero-order valence-electron chi connectivity index (χ0n) is 7.70. The van der Waals surface area contributed by atoms with Gasteiger partial charge in [0.2, 0.25) is 0 Å². The molecule has 0 radical (unpaired) electrons. The average Bonchev–Trinajstić information content (AvgIpc) is 2.50. The Balaban J connectivity index is 2.44. The standard InChI is InChI=1S/C8H13N3OS/c1-8(2,9)4-11-7(12)6-3-10-5-13-6/h3,5H,4,9H2,1-2H3,(H,11,12). The molecule has 72 valence electrons. The summed E-state index contributed by atoms with van der Waals surface area (Å²) in [5.74, 6) is -0.110. The molecule has 0 bridgehead atoms. The van der Waals surface area contributed by atoms with Crippen LogP contribution in [0.15, 0.2) is 11.7 Å². The molecule has 1 rings (SSSR count).